The van der Waals surface area contributed by atoms with Gasteiger partial charge in [0.15, 0.2) is 0 Å². The predicted molar refractivity (Wildman–Crippen MR) is 58.2 cm³/mol. The fourth-order valence-electron chi connectivity index (χ4n) is 1.42. The Labute approximate surface area is 85.5 Å². The first-order valence-electron chi connectivity index (χ1n) is 4.04. The highest BCUT2D eigenvalue weighted by Crippen LogP contribution is 2.30. The van der Waals surface area contributed by atoms with E-state index in [4.69, 9.17) is 4.74 Å². The number of fused-ring (bicyclic) bond motifs is 1. The summed E-state index contributed by atoms with van der Waals surface area (Å²) in [5.41, 5.74) is 0. The summed E-state index contributed by atoms with van der Waals surface area (Å²) in [4.78, 5) is 0. The molecule has 0 bridgehead atoms. The van der Waals surface area contributed by atoms with Crippen molar-refractivity contribution in [2.75, 3.05) is 7.11 Å². The van der Waals surface area contributed by atoms with E-state index < -0.39 is 0 Å². The molecule has 0 unspecified atom stereocenters. The second-order valence-corrected chi connectivity index (χ2v) is 3.65. The molecule has 0 saturated carbocycles. The molecule has 13 heavy (non-hydrogen) atoms. The molecule has 0 amide bonds. The summed E-state index contributed by atoms with van der Waals surface area (Å²) in [6.07, 6.45) is 0. The van der Waals surface area contributed by atoms with Gasteiger partial charge in [0.1, 0.15) is 5.75 Å². The minimum Gasteiger partial charge on any atom is -0.496 e. The van der Waals surface area contributed by atoms with E-state index in [9.17, 15) is 0 Å². The van der Waals surface area contributed by atoms with Gasteiger partial charge in [0, 0.05) is 9.86 Å². The molecule has 0 aliphatic carbocycles. The van der Waals surface area contributed by atoms with Gasteiger partial charge in [-0.2, -0.15) is 0 Å². The van der Waals surface area contributed by atoms with Crippen LogP contribution < -0.4 is 4.74 Å². The van der Waals surface area contributed by atoms with Gasteiger partial charge in [-0.3, -0.25) is 0 Å². The molecule has 0 aliphatic heterocycles. The quantitative estimate of drug-likeness (QED) is 0.736. The highest BCUT2D eigenvalue weighted by atomic mass is 79.9. The molecule has 2 rings (SSSR count). The second-order valence-electron chi connectivity index (χ2n) is 2.80. The third-order valence-corrected chi connectivity index (χ3v) is 2.74. The first-order valence-corrected chi connectivity index (χ1v) is 4.83. The summed E-state index contributed by atoms with van der Waals surface area (Å²) in [7, 11) is 1.69. The van der Waals surface area contributed by atoms with Gasteiger partial charge in [-0.25, -0.2) is 0 Å². The maximum Gasteiger partial charge on any atom is 0.126 e. The fourth-order valence-corrected chi connectivity index (χ4v) is 1.92. The van der Waals surface area contributed by atoms with Gasteiger partial charge in [-0.1, -0.05) is 40.2 Å². The molecule has 0 atom stereocenters. The van der Waals surface area contributed by atoms with Crippen molar-refractivity contribution in [2.45, 2.75) is 0 Å². The lowest BCUT2D eigenvalue weighted by Gasteiger charge is -2.05. The predicted octanol–water partition coefficient (Wildman–Crippen LogP) is 3.61. The van der Waals surface area contributed by atoms with Crippen LogP contribution in [0, 0.1) is 0 Å². The van der Waals surface area contributed by atoms with Crippen molar-refractivity contribution < 1.29 is 4.74 Å². The molecule has 2 aromatic rings. The zero-order chi connectivity index (χ0) is 9.26. The van der Waals surface area contributed by atoms with Crippen molar-refractivity contribution in [3.05, 3.63) is 40.9 Å². The Balaban J connectivity index is 2.84. The van der Waals surface area contributed by atoms with Crippen LogP contribution in [0.15, 0.2) is 40.9 Å². The van der Waals surface area contributed by atoms with E-state index in [0.29, 0.717) is 0 Å². The standard InChI is InChI=1S/C11H9BrO/c1-13-11-7-3-4-8-9(11)5-2-6-10(8)12/h2-7H,1H3. The van der Waals surface area contributed by atoms with E-state index >= 15 is 0 Å². The number of ether oxygens (including phenoxy) is 1. The Kier molecular flexibility index (Phi) is 2.23. The molecular formula is C11H9BrO. The summed E-state index contributed by atoms with van der Waals surface area (Å²) < 4.78 is 6.36. The van der Waals surface area contributed by atoms with Crippen LogP contribution in [0.5, 0.6) is 5.75 Å². The van der Waals surface area contributed by atoms with E-state index in [1.54, 1.807) is 7.11 Å². The molecule has 0 fully saturated rings. The molecular weight excluding hydrogens is 228 g/mol. The van der Waals surface area contributed by atoms with Crippen LogP contribution in [0.25, 0.3) is 10.8 Å². The van der Waals surface area contributed by atoms with Gasteiger partial charge in [0.25, 0.3) is 0 Å². The number of rotatable bonds is 1. The molecule has 0 N–H and O–H groups in total. The maximum atomic E-state index is 5.26. The summed E-state index contributed by atoms with van der Waals surface area (Å²) in [6.45, 7) is 0. The number of hydrogen-bond donors (Lipinski definition) is 0. The molecule has 66 valence electrons. The number of halogens is 1. The Morgan fingerprint density at radius 1 is 1.00 bits per heavy atom. The Morgan fingerprint density at radius 2 is 1.69 bits per heavy atom. The van der Waals surface area contributed by atoms with Gasteiger partial charge in [-0.15, -0.1) is 0 Å². The number of hydrogen-bond acceptors (Lipinski definition) is 1. The van der Waals surface area contributed by atoms with Crippen LogP contribution in [0.2, 0.25) is 0 Å². The summed E-state index contributed by atoms with van der Waals surface area (Å²) >= 11 is 3.50. The van der Waals surface area contributed by atoms with E-state index in [1.165, 1.54) is 5.39 Å². The molecule has 0 spiro atoms. The molecule has 0 radical (unpaired) electrons. The van der Waals surface area contributed by atoms with Crippen molar-refractivity contribution in [1.82, 2.24) is 0 Å². The lowest BCUT2D eigenvalue weighted by Crippen LogP contribution is -1.84. The van der Waals surface area contributed by atoms with Crippen LogP contribution in [0.3, 0.4) is 0 Å². The highest BCUT2D eigenvalue weighted by molar-refractivity contribution is 9.10. The van der Waals surface area contributed by atoms with Gasteiger partial charge < -0.3 is 4.74 Å². The Bertz CT molecular complexity index is 437. The third kappa shape index (κ3) is 1.42. The molecule has 0 heterocycles. The smallest absolute Gasteiger partial charge is 0.126 e. The van der Waals surface area contributed by atoms with Crippen LogP contribution >= 0.6 is 15.9 Å². The number of benzene rings is 2. The monoisotopic (exact) mass is 236 g/mol. The van der Waals surface area contributed by atoms with Crippen molar-refractivity contribution in [2.24, 2.45) is 0 Å². The van der Waals surface area contributed by atoms with Crippen LogP contribution in [0.1, 0.15) is 0 Å². The number of methoxy groups -OCH3 is 1. The minimum atomic E-state index is 0.916. The average molecular weight is 237 g/mol. The highest BCUT2D eigenvalue weighted by Gasteiger charge is 2.01. The van der Waals surface area contributed by atoms with E-state index in [2.05, 4.69) is 28.1 Å². The molecule has 0 aromatic heterocycles. The van der Waals surface area contributed by atoms with Crippen molar-refractivity contribution >= 4 is 26.7 Å². The SMILES string of the molecule is COc1cccc2c(Br)cccc12. The van der Waals surface area contributed by atoms with Gasteiger partial charge in [0.05, 0.1) is 7.11 Å². The summed E-state index contributed by atoms with van der Waals surface area (Å²) in [6, 6.07) is 12.1. The lowest BCUT2D eigenvalue weighted by molar-refractivity contribution is 0.420. The van der Waals surface area contributed by atoms with E-state index in [1.807, 2.05) is 24.3 Å². The van der Waals surface area contributed by atoms with Crippen molar-refractivity contribution in [1.29, 1.82) is 0 Å². The maximum absolute atomic E-state index is 5.26. The molecule has 0 aliphatic rings. The third-order valence-electron chi connectivity index (χ3n) is 2.05. The topological polar surface area (TPSA) is 9.23 Å². The summed E-state index contributed by atoms with van der Waals surface area (Å²) in [5, 5.41) is 2.32. The van der Waals surface area contributed by atoms with Gasteiger partial charge in [-0.05, 0) is 17.5 Å². The Morgan fingerprint density at radius 3 is 2.46 bits per heavy atom. The average Bonchev–Trinajstić information content (AvgIpc) is 2.18. The van der Waals surface area contributed by atoms with Crippen molar-refractivity contribution in [3.8, 4) is 5.75 Å². The molecule has 1 nitrogen and oxygen atoms in total. The first kappa shape index (κ1) is 8.57. The first-order chi connectivity index (χ1) is 6.33. The zero-order valence-electron chi connectivity index (χ0n) is 7.25. The normalized spacial score (nSPS) is 10.3. The molecule has 2 heteroatoms. The van der Waals surface area contributed by atoms with Gasteiger partial charge in [0.2, 0.25) is 0 Å². The zero-order valence-corrected chi connectivity index (χ0v) is 8.84. The molecule has 0 saturated heterocycles. The lowest BCUT2D eigenvalue weighted by atomic mass is 10.1. The molecule has 2 aromatic carbocycles. The van der Waals surface area contributed by atoms with Gasteiger partial charge >= 0.3 is 0 Å². The van der Waals surface area contributed by atoms with Crippen molar-refractivity contribution in [3.63, 3.8) is 0 Å². The fraction of sp³-hybridized carbons (Fsp3) is 0.0909. The van der Waals surface area contributed by atoms with Crippen LogP contribution in [-0.4, -0.2) is 7.11 Å². The second kappa shape index (κ2) is 3.38. The van der Waals surface area contributed by atoms with Crippen LogP contribution in [0.4, 0.5) is 0 Å². The summed E-state index contributed by atoms with van der Waals surface area (Å²) in [5.74, 6) is 0.916. The minimum absolute atomic E-state index is 0.916. The van der Waals surface area contributed by atoms with Crippen LogP contribution in [-0.2, 0) is 0 Å². The van der Waals surface area contributed by atoms with E-state index in [-0.39, 0.29) is 0 Å². The Hall–Kier alpha value is -1.02. The van der Waals surface area contributed by atoms with E-state index in [0.717, 1.165) is 15.6 Å². The largest absolute Gasteiger partial charge is 0.496 e.